The van der Waals surface area contributed by atoms with E-state index in [4.69, 9.17) is 11.0 Å². The summed E-state index contributed by atoms with van der Waals surface area (Å²) in [5.74, 6) is -1.55. The van der Waals surface area contributed by atoms with E-state index >= 15 is 0 Å². The number of amides is 2. The molecule has 2 amide bonds. The van der Waals surface area contributed by atoms with Gasteiger partial charge in [0.05, 0.1) is 17.3 Å². The lowest BCUT2D eigenvalue weighted by molar-refractivity contribution is -0.119. The van der Waals surface area contributed by atoms with Crippen molar-refractivity contribution in [2.24, 2.45) is 10.8 Å². The summed E-state index contributed by atoms with van der Waals surface area (Å²) in [5, 5.41) is 16.9. The fourth-order valence-electron chi connectivity index (χ4n) is 2.53. The van der Waals surface area contributed by atoms with Crippen molar-refractivity contribution in [1.29, 1.82) is 5.26 Å². The van der Waals surface area contributed by atoms with Crippen LogP contribution in [0.4, 0.5) is 15.8 Å². The summed E-state index contributed by atoms with van der Waals surface area (Å²) in [7, 11) is 0. The molecular formula is C18H14FN5O2. The summed E-state index contributed by atoms with van der Waals surface area (Å²) in [4.78, 5) is 24.1. The fourth-order valence-corrected chi connectivity index (χ4v) is 2.53. The molecular weight excluding hydrogens is 337 g/mol. The van der Waals surface area contributed by atoms with Crippen molar-refractivity contribution in [3.8, 4) is 6.07 Å². The molecule has 0 fully saturated rings. The molecule has 0 saturated heterocycles. The summed E-state index contributed by atoms with van der Waals surface area (Å²) in [6, 6.07) is 12.9. The standard InChI is InChI=1S/C18H14FN5O2/c19-12-3-7-14(8-4-12)24-16(17(21)25)9-15(23-24)18(26)22-13-5-1-11(10-20)2-6-13/h1-8,16H,9H2,(H2,21,25)(H,22,26). The maximum absolute atomic E-state index is 13.1. The summed E-state index contributed by atoms with van der Waals surface area (Å²) in [6.07, 6.45) is 0.0365. The second-order valence-electron chi connectivity index (χ2n) is 5.63. The minimum absolute atomic E-state index is 0.0365. The Balaban J connectivity index is 1.81. The van der Waals surface area contributed by atoms with Crippen LogP contribution in [0, 0.1) is 17.1 Å². The quantitative estimate of drug-likeness (QED) is 0.874. The van der Waals surface area contributed by atoms with Crippen molar-refractivity contribution in [3.05, 3.63) is 59.9 Å². The van der Waals surface area contributed by atoms with E-state index in [9.17, 15) is 14.0 Å². The molecule has 130 valence electrons. The minimum atomic E-state index is -0.831. The van der Waals surface area contributed by atoms with Gasteiger partial charge in [0.25, 0.3) is 5.91 Å². The third-order valence-electron chi connectivity index (χ3n) is 3.86. The highest BCUT2D eigenvalue weighted by Crippen LogP contribution is 2.25. The van der Waals surface area contributed by atoms with E-state index in [0.717, 1.165) is 0 Å². The number of hydrazone groups is 1. The molecule has 1 heterocycles. The number of anilines is 2. The number of hydrogen-bond acceptors (Lipinski definition) is 5. The molecule has 1 unspecified atom stereocenters. The number of carbonyl (C=O) groups is 2. The van der Waals surface area contributed by atoms with Gasteiger partial charge in [-0.25, -0.2) is 4.39 Å². The van der Waals surface area contributed by atoms with Crippen molar-refractivity contribution in [3.63, 3.8) is 0 Å². The lowest BCUT2D eigenvalue weighted by Crippen LogP contribution is -2.39. The molecule has 0 aliphatic carbocycles. The van der Waals surface area contributed by atoms with E-state index in [1.807, 2.05) is 6.07 Å². The Kier molecular flexibility index (Phi) is 4.62. The molecule has 26 heavy (non-hydrogen) atoms. The van der Waals surface area contributed by atoms with E-state index < -0.39 is 23.7 Å². The van der Waals surface area contributed by atoms with Crippen molar-refractivity contribution >= 4 is 28.9 Å². The molecule has 1 atom stereocenters. The van der Waals surface area contributed by atoms with Crippen LogP contribution < -0.4 is 16.1 Å². The van der Waals surface area contributed by atoms with E-state index in [0.29, 0.717) is 16.9 Å². The monoisotopic (exact) mass is 351 g/mol. The molecule has 1 aliphatic heterocycles. The van der Waals surface area contributed by atoms with Gasteiger partial charge in [0.2, 0.25) is 5.91 Å². The first-order valence-electron chi connectivity index (χ1n) is 7.71. The highest BCUT2D eigenvalue weighted by molar-refractivity contribution is 6.44. The Hall–Kier alpha value is -3.73. The molecule has 0 bridgehead atoms. The third-order valence-corrected chi connectivity index (χ3v) is 3.86. The van der Waals surface area contributed by atoms with E-state index in [-0.39, 0.29) is 12.1 Å². The predicted octanol–water partition coefficient (Wildman–Crippen LogP) is 1.76. The number of nitrogens with one attached hydrogen (secondary N) is 1. The number of nitrogens with zero attached hydrogens (tertiary/aromatic N) is 3. The maximum Gasteiger partial charge on any atom is 0.271 e. The number of rotatable bonds is 4. The van der Waals surface area contributed by atoms with Crippen LogP contribution in [0.2, 0.25) is 0 Å². The van der Waals surface area contributed by atoms with Crippen LogP contribution >= 0.6 is 0 Å². The Morgan fingerprint density at radius 2 is 1.85 bits per heavy atom. The minimum Gasteiger partial charge on any atom is -0.368 e. The molecule has 0 radical (unpaired) electrons. The molecule has 3 rings (SSSR count). The first-order chi connectivity index (χ1) is 12.5. The second-order valence-corrected chi connectivity index (χ2v) is 5.63. The van der Waals surface area contributed by atoms with Crippen molar-refractivity contribution < 1.29 is 14.0 Å². The predicted molar refractivity (Wildman–Crippen MR) is 93.7 cm³/mol. The van der Waals surface area contributed by atoms with Gasteiger partial charge >= 0.3 is 0 Å². The van der Waals surface area contributed by atoms with E-state index in [2.05, 4.69) is 10.4 Å². The van der Waals surface area contributed by atoms with Gasteiger partial charge in [-0.2, -0.15) is 10.4 Å². The smallest absolute Gasteiger partial charge is 0.271 e. The Morgan fingerprint density at radius 1 is 1.19 bits per heavy atom. The maximum atomic E-state index is 13.1. The van der Waals surface area contributed by atoms with Crippen molar-refractivity contribution in [2.45, 2.75) is 12.5 Å². The lowest BCUT2D eigenvalue weighted by atomic mass is 10.1. The van der Waals surface area contributed by atoms with Crippen LogP contribution in [-0.2, 0) is 9.59 Å². The molecule has 7 nitrogen and oxygen atoms in total. The van der Waals surface area contributed by atoms with Gasteiger partial charge in [0.1, 0.15) is 17.6 Å². The van der Waals surface area contributed by atoms with Crippen LogP contribution in [0.5, 0.6) is 0 Å². The third kappa shape index (κ3) is 3.52. The second kappa shape index (κ2) is 7.03. The zero-order valence-electron chi connectivity index (χ0n) is 13.5. The summed E-state index contributed by atoms with van der Waals surface area (Å²) in [5.41, 5.74) is 6.96. The molecule has 2 aromatic rings. The Labute approximate surface area is 148 Å². The van der Waals surface area contributed by atoms with Crippen LogP contribution in [0.1, 0.15) is 12.0 Å². The zero-order chi connectivity index (χ0) is 18.7. The number of nitriles is 1. The average Bonchev–Trinajstić information content (AvgIpc) is 3.09. The first-order valence-corrected chi connectivity index (χ1v) is 7.71. The highest BCUT2D eigenvalue weighted by Gasteiger charge is 2.35. The van der Waals surface area contributed by atoms with Crippen molar-refractivity contribution in [1.82, 2.24) is 0 Å². The van der Waals surface area contributed by atoms with Gasteiger partial charge < -0.3 is 11.1 Å². The molecule has 0 spiro atoms. The van der Waals surface area contributed by atoms with Crippen LogP contribution in [0.25, 0.3) is 0 Å². The normalized spacial score (nSPS) is 15.9. The SMILES string of the molecule is N#Cc1ccc(NC(=O)C2=NN(c3ccc(F)cc3)C(C(N)=O)C2)cc1. The Bertz CT molecular complexity index is 916. The molecule has 1 aliphatic rings. The van der Waals surface area contributed by atoms with Gasteiger partial charge in [-0.05, 0) is 48.5 Å². The Morgan fingerprint density at radius 3 is 2.42 bits per heavy atom. The van der Waals surface area contributed by atoms with Crippen LogP contribution in [-0.4, -0.2) is 23.6 Å². The topological polar surface area (TPSA) is 112 Å². The van der Waals surface area contributed by atoms with Crippen molar-refractivity contribution in [2.75, 3.05) is 10.3 Å². The average molecular weight is 351 g/mol. The lowest BCUT2D eigenvalue weighted by Gasteiger charge is -2.20. The molecule has 0 aromatic heterocycles. The largest absolute Gasteiger partial charge is 0.368 e. The van der Waals surface area contributed by atoms with Gasteiger partial charge in [-0.1, -0.05) is 0 Å². The van der Waals surface area contributed by atoms with Gasteiger partial charge in [-0.15, -0.1) is 0 Å². The van der Waals surface area contributed by atoms with Crippen LogP contribution in [0.3, 0.4) is 0 Å². The zero-order valence-corrected chi connectivity index (χ0v) is 13.5. The fraction of sp³-hybridized carbons (Fsp3) is 0.111. The summed E-state index contributed by atoms with van der Waals surface area (Å²) < 4.78 is 13.1. The summed E-state index contributed by atoms with van der Waals surface area (Å²) in [6.45, 7) is 0. The number of nitrogens with two attached hydrogens (primary N) is 1. The van der Waals surface area contributed by atoms with E-state index in [1.54, 1.807) is 24.3 Å². The highest BCUT2D eigenvalue weighted by atomic mass is 19.1. The molecule has 0 saturated carbocycles. The molecule has 2 aromatic carbocycles. The van der Waals surface area contributed by atoms with Gasteiger partial charge in [0.15, 0.2) is 0 Å². The first kappa shape index (κ1) is 17.1. The van der Waals surface area contributed by atoms with Crippen LogP contribution in [0.15, 0.2) is 53.6 Å². The number of benzene rings is 2. The molecule has 3 N–H and O–H groups in total. The number of primary amides is 1. The van der Waals surface area contributed by atoms with Gasteiger partial charge in [-0.3, -0.25) is 14.6 Å². The molecule has 8 heteroatoms. The summed E-state index contributed by atoms with van der Waals surface area (Å²) >= 11 is 0. The number of halogens is 1. The van der Waals surface area contributed by atoms with Gasteiger partial charge in [0, 0.05) is 12.1 Å². The number of carbonyl (C=O) groups excluding carboxylic acids is 2. The number of hydrogen-bond donors (Lipinski definition) is 2. The van der Waals surface area contributed by atoms with E-state index in [1.165, 1.54) is 29.3 Å².